The van der Waals surface area contributed by atoms with Crippen LogP contribution in [0.3, 0.4) is 0 Å². The number of hydrogen-bond acceptors (Lipinski definition) is 1. The summed E-state index contributed by atoms with van der Waals surface area (Å²) in [5.41, 5.74) is 5.58. The molecule has 0 aromatic heterocycles. The average Bonchev–Trinajstić information content (AvgIpc) is 2.80. The van der Waals surface area contributed by atoms with E-state index in [0.29, 0.717) is 6.04 Å². The van der Waals surface area contributed by atoms with Gasteiger partial charge in [-0.1, -0.05) is 41.9 Å². The third kappa shape index (κ3) is 2.83. The van der Waals surface area contributed by atoms with Gasteiger partial charge in [0.15, 0.2) is 0 Å². The summed E-state index contributed by atoms with van der Waals surface area (Å²) >= 11 is 5.98. The van der Waals surface area contributed by atoms with Crippen molar-refractivity contribution in [1.29, 1.82) is 0 Å². The molecule has 2 aromatic carbocycles. The lowest BCUT2D eigenvalue weighted by Gasteiger charge is -2.13. The molecule has 19 heavy (non-hydrogen) atoms. The van der Waals surface area contributed by atoms with Crippen molar-refractivity contribution < 1.29 is 0 Å². The minimum absolute atomic E-state index is 0.562. The standard InChI is InChI=1S/C17H18ClN/c1-12-8-16(18)7-6-15(12)11-19-17-9-13-4-2-3-5-14(13)10-17/h2-8,17,19H,9-11H2,1H3. The zero-order valence-electron chi connectivity index (χ0n) is 11.1. The quantitative estimate of drug-likeness (QED) is 0.893. The molecule has 1 aliphatic carbocycles. The molecule has 0 amide bonds. The van der Waals surface area contributed by atoms with Crippen LogP contribution in [0.2, 0.25) is 5.02 Å². The Hall–Kier alpha value is -1.31. The van der Waals surface area contributed by atoms with E-state index >= 15 is 0 Å². The highest BCUT2D eigenvalue weighted by Gasteiger charge is 2.20. The maximum atomic E-state index is 5.98. The first kappa shape index (κ1) is 12.7. The van der Waals surface area contributed by atoms with Crippen LogP contribution in [0.25, 0.3) is 0 Å². The van der Waals surface area contributed by atoms with Crippen molar-refractivity contribution in [1.82, 2.24) is 5.32 Å². The van der Waals surface area contributed by atoms with Crippen molar-refractivity contribution in [3.63, 3.8) is 0 Å². The molecule has 0 radical (unpaired) electrons. The highest BCUT2D eigenvalue weighted by atomic mass is 35.5. The third-order valence-electron chi connectivity index (χ3n) is 3.94. The Morgan fingerprint density at radius 3 is 2.42 bits per heavy atom. The molecule has 3 rings (SSSR count). The number of fused-ring (bicyclic) bond motifs is 1. The second-order valence-electron chi connectivity index (χ2n) is 5.33. The van der Waals surface area contributed by atoms with E-state index in [2.05, 4.69) is 42.6 Å². The number of rotatable bonds is 3. The minimum atomic E-state index is 0.562. The van der Waals surface area contributed by atoms with Crippen LogP contribution in [-0.2, 0) is 19.4 Å². The maximum absolute atomic E-state index is 5.98. The van der Waals surface area contributed by atoms with Crippen LogP contribution in [0, 0.1) is 6.92 Å². The largest absolute Gasteiger partial charge is 0.309 e. The molecule has 0 atom stereocenters. The van der Waals surface area contributed by atoms with Crippen LogP contribution in [0.15, 0.2) is 42.5 Å². The van der Waals surface area contributed by atoms with E-state index in [0.717, 1.165) is 24.4 Å². The SMILES string of the molecule is Cc1cc(Cl)ccc1CNC1Cc2ccccc2C1. The fraction of sp³-hybridized carbons (Fsp3) is 0.294. The summed E-state index contributed by atoms with van der Waals surface area (Å²) in [4.78, 5) is 0. The molecule has 1 aliphatic rings. The molecule has 0 saturated heterocycles. The molecule has 0 unspecified atom stereocenters. The second-order valence-corrected chi connectivity index (χ2v) is 5.76. The number of aryl methyl sites for hydroxylation is 1. The van der Waals surface area contributed by atoms with Gasteiger partial charge in [0.05, 0.1) is 0 Å². The van der Waals surface area contributed by atoms with E-state index in [-0.39, 0.29) is 0 Å². The van der Waals surface area contributed by atoms with Gasteiger partial charge in [-0.3, -0.25) is 0 Å². The van der Waals surface area contributed by atoms with Crippen LogP contribution in [0.1, 0.15) is 22.3 Å². The summed E-state index contributed by atoms with van der Waals surface area (Å²) in [5.74, 6) is 0. The summed E-state index contributed by atoms with van der Waals surface area (Å²) in [7, 11) is 0. The number of halogens is 1. The lowest BCUT2D eigenvalue weighted by atomic mass is 10.1. The fourth-order valence-corrected chi connectivity index (χ4v) is 3.04. The molecule has 2 heteroatoms. The van der Waals surface area contributed by atoms with Gasteiger partial charge in [0.2, 0.25) is 0 Å². The monoisotopic (exact) mass is 271 g/mol. The molecule has 2 aromatic rings. The highest BCUT2D eigenvalue weighted by molar-refractivity contribution is 6.30. The zero-order valence-corrected chi connectivity index (χ0v) is 11.9. The van der Waals surface area contributed by atoms with Crippen molar-refractivity contribution in [2.24, 2.45) is 0 Å². The number of benzene rings is 2. The first-order valence-corrected chi connectivity index (χ1v) is 7.15. The predicted molar refractivity (Wildman–Crippen MR) is 80.7 cm³/mol. The van der Waals surface area contributed by atoms with Crippen LogP contribution in [0.4, 0.5) is 0 Å². The van der Waals surface area contributed by atoms with E-state index in [1.165, 1.54) is 22.3 Å². The predicted octanol–water partition coefficient (Wildman–Crippen LogP) is 3.91. The maximum Gasteiger partial charge on any atom is 0.0408 e. The smallest absolute Gasteiger partial charge is 0.0408 e. The van der Waals surface area contributed by atoms with Gasteiger partial charge in [-0.05, 0) is 54.2 Å². The highest BCUT2D eigenvalue weighted by Crippen LogP contribution is 2.22. The molecule has 98 valence electrons. The van der Waals surface area contributed by atoms with E-state index in [4.69, 9.17) is 11.6 Å². The van der Waals surface area contributed by atoms with Crippen LogP contribution >= 0.6 is 11.6 Å². The molecule has 0 saturated carbocycles. The van der Waals surface area contributed by atoms with Crippen LogP contribution in [-0.4, -0.2) is 6.04 Å². The van der Waals surface area contributed by atoms with Gasteiger partial charge < -0.3 is 5.32 Å². The fourth-order valence-electron chi connectivity index (χ4n) is 2.82. The first-order valence-electron chi connectivity index (χ1n) is 6.77. The van der Waals surface area contributed by atoms with Crippen molar-refractivity contribution in [2.75, 3.05) is 0 Å². The van der Waals surface area contributed by atoms with Crippen LogP contribution < -0.4 is 5.32 Å². The lowest BCUT2D eigenvalue weighted by Crippen LogP contribution is -2.29. The van der Waals surface area contributed by atoms with Crippen LogP contribution in [0.5, 0.6) is 0 Å². The Bertz CT molecular complexity index is 567. The van der Waals surface area contributed by atoms with Gasteiger partial charge in [-0.2, -0.15) is 0 Å². The molecular formula is C17H18ClN. The Kier molecular flexibility index (Phi) is 3.58. The zero-order chi connectivity index (χ0) is 13.2. The molecule has 0 aliphatic heterocycles. The van der Waals surface area contributed by atoms with Gasteiger partial charge >= 0.3 is 0 Å². The molecule has 0 spiro atoms. The first-order chi connectivity index (χ1) is 9.22. The normalized spacial score (nSPS) is 14.6. The Labute approximate surface area is 119 Å². The average molecular weight is 272 g/mol. The Morgan fingerprint density at radius 1 is 1.11 bits per heavy atom. The molecule has 0 fully saturated rings. The van der Waals surface area contributed by atoms with Crippen molar-refractivity contribution in [3.05, 3.63) is 69.7 Å². The van der Waals surface area contributed by atoms with Gasteiger partial charge in [0, 0.05) is 17.6 Å². The van der Waals surface area contributed by atoms with E-state index < -0.39 is 0 Å². The van der Waals surface area contributed by atoms with Crippen molar-refractivity contribution in [3.8, 4) is 0 Å². The topological polar surface area (TPSA) is 12.0 Å². The van der Waals surface area contributed by atoms with Gasteiger partial charge in [-0.15, -0.1) is 0 Å². The summed E-state index contributed by atoms with van der Waals surface area (Å²) in [6.07, 6.45) is 2.28. The van der Waals surface area contributed by atoms with Crippen molar-refractivity contribution in [2.45, 2.75) is 32.4 Å². The van der Waals surface area contributed by atoms with E-state index in [1.807, 2.05) is 12.1 Å². The van der Waals surface area contributed by atoms with Gasteiger partial charge in [0.25, 0.3) is 0 Å². The second kappa shape index (κ2) is 5.36. The molecule has 0 bridgehead atoms. The summed E-state index contributed by atoms with van der Waals surface area (Å²) < 4.78 is 0. The Morgan fingerprint density at radius 2 is 1.79 bits per heavy atom. The van der Waals surface area contributed by atoms with Crippen molar-refractivity contribution >= 4 is 11.6 Å². The lowest BCUT2D eigenvalue weighted by molar-refractivity contribution is 0.532. The van der Waals surface area contributed by atoms with E-state index in [1.54, 1.807) is 0 Å². The number of hydrogen-bond donors (Lipinski definition) is 1. The molecule has 1 N–H and O–H groups in total. The van der Waals surface area contributed by atoms with E-state index in [9.17, 15) is 0 Å². The third-order valence-corrected chi connectivity index (χ3v) is 4.17. The van der Waals surface area contributed by atoms with Gasteiger partial charge in [-0.25, -0.2) is 0 Å². The minimum Gasteiger partial charge on any atom is -0.309 e. The molecular weight excluding hydrogens is 254 g/mol. The Balaban J connectivity index is 1.63. The number of nitrogens with one attached hydrogen (secondary N) is 1. The molecule has 0 heterocycles. The summed E-state index contributed by atoms with van der Waals surface area (Å²) in [5, 5.41) is 4.48. The van der Waals surface area contributed by atoms with Gasteiger partial charge in [0.1, 0.15) is 0 Å². The summed E-state index contributed by atoms with van der Waals surface area (Å²) in [6, 6.07) is 15.4. The molecule has 1 nitrogen and oxygen atoms in total. The summed E-state index contributed by atoms with van der Waals surface area (Å²) in [6.45, 7) is 3.04.